The van der Waals surface area contributed by atoms with Crippen LogP contribution in [-0.4, -0.2) is 41.1 Å². The summed E-state index contributed by atoms with van der Waals surface area (Å²) in [6.07, 6.45) is 4.73. The van der Waals surface area contributed by atoms with Gasteiger partial charge in [-0.15, -0.1) is 0 Å². The van der Waals surface area contributed by atoms with Crippen molar-refractivity contribution in [2.24, 2.45) is 15.9 Å². The number of amidine groups is 1. The molecule has 2 atom stereocenters. The molecule has 1 aromatic heterocycles. The van der Waals surface area contributed by atoms with Gasteiger partial charge in [-0.3, -0.25) is 4.99 Å². The summed E-state index contributed by atoms with van der Waals surface area (Å²) in [7, 11) is 0. The van der Waals surface area contributed by atoms with Crippen LogP contribution in [0.3, 0.4) is 0 Å². The van der Waals surface area contributed by atoms with Gasteiger partial charge in [0.25, 0.3) is 0 Å². The molecule has 0 aliphatic carbocycles. The molecular weight excluding hydrogens is 250 g/mol. The van der Waals surface area contributed by atoms with Crippen molar-refractivity contribution in [1.29, 1.82) is 0 Å². The molecule has 1 aromatic rings. The number of anilines is 1. The van der Waals surface area contributed by atoms with Crippen LogP contribution in [0.5, 0.6) is 0 Å². The highest BCUT2D eigenvalue weighted by atomic mass is 35.5. The monoisotopic (exact) mass is 263 g/mol. The third-order valence-corrected chi connectivity index (χ3v) is 3.54. The molecule has 5 nitrogen and oxygen atoms in total. The Morgan fingerprint density at radius 2 is 2.33 bits per heavy atom. The van der Waals surface area contributed by atoms with E-state index < -0.39 is 0 Å². The van der Waals surface area contributed by atoms with E-state index in [9.17, 15) is 0 Å². The van der Waals surface area contributed by atoms with E-state index in [-0.39, 0.29) is 0 Å². The van der Waals surface area contributed by atoms with E-state index in [1.165, 1.54) is 0 Å². The van der Waals surface area contributed by atoms with Gasteiger partial charge in [-0.1, -0.05) is 0 Å². The Labute approximate surface area is 111 Å². The van der Waals surface area contributed by atoms with Crippen LogP contribution in [-0.2, 0) is 0 Å². The van der Waals surface area contributed by atoms with E-state index in [1.54, 1.807) is 6.20 Å². The van der Waals surface area contributed by atoms with Crippen LogP contribution in [0.25, 0.3) is 0 Å². The highest BCUT2D eigenvalue weighted by Gasteiger charge is 2.30. The normalized spacial score (nSPS) is 26.8. The minimum atomic E-state index is 0.292. The van der Waals surface area contributed by atoms with E-state index in [0.717, 1.165) is 31.2 Å². The van der Waals surface area contributed by atoms with Crippen molar-refractivity contribution in [2.45, 2.75) is 19.4 Å². The number of halogens is 1. The van der Waals surface area contributed by atoms with Crippen LogP contribution in [0.2, 0.25) is 5.28 Å². The van der Waals surface area contributed by atoms with Gasteiger partial charge in [0.05, 0.1) is 6.04 Å². The Kier molecular flexibility index (Phi) is 2.99. The molecule has 0 saturated carbocycles. The van der Waals surface area contributed by atoms with E-state index in [0.29, 0.717) is 17.2 Å². The van der Waals surface area contributed by atoms with Crippen molar-refractivity contribution < 1.29 is 0 Å². The number of piperidine rings is 1. The van der Waals surface area contributed by atoms with E-state index in [1.807, 2.05) is 19.2 Å². The van der Waals surface area contributed by atoms with Crippen molar-refractivity contribution in [1.82, 2.24) is 9.97 Å². The molecule has 0 amide bonds. The van der Waals surface area contributed by atoms with Gasteiger partial charge in [-0.25, -0.2) is 15.0 Å². The summed E-state index contributed by atoms with van der Waals surface area (Å²) in [4.78, 5) is 19.3. The second-order valence-corrected chi connectivity index (χ2v) is 4.94. The quantitative estimate of drug-likeness (QED) is 0.727. The van der Waals surface area contributed by atoms with Gasteiger partial charge in [0.1, 0.15) is 11.7 Å². The van der Waals surface area contributed by atoms with Crippen LogP contribution in [0.15, 0.2) is 22.2 Å². The highest BCUT2D eigenvalue weighted by molar-refractivity contribution is 6.28. The van der Waals surface area contributed by atoms with E-state index >= 15 is 0 Å². The molecule has 0 spiro atoms. The molecule has 1 fully saturated rings. The largest absolute Gasteiger partial charge is 0.356 e. The van der Waals surface area contributed by atoms with Gasteiger partial charge < -0.3 is 4.90 Å². The smallest absolute Gasteiger partial charge is 0.224 e. The summed E-state index contributed by atoms with van der Waals surface area (Å²) in [6.45, 7) is 3.78. The lowest BCUT2D eigenvalue weighted by Gasteiger charge is -2.37. The molecule has 2 aliphatic rings. The topological polar surface area (TPSA) is 53.7 Å². The molecule has 0 unspecified atom stereocenters. The van der Waals surface area contributed by atoms with Crippen LogP contribution in [0.1, 0.15) is 13.3 Å². The predicted molar refractivity (Wildman–Crippen MR) is 72.8 cm³/mol. The summed E-state index contributed by atoms with van der Waals surface area (Å²) in [5.74, 6) is 2.14. The number of hydrogen-bond donors (Lipinski definition) is 0. The Hall–Kier alpha value is -1.49. The highest BCUT2D eigenvalue weighted by Crippen LogP contribution is 2.25. The Morgan fingerprint density at radius 3 is 3.17 bits per heavy atom. The molecule has 0 radical (unpaired) electrons. The molecule has 6 heteroatoms. The predicted octanol–water partition coefficient (Wildman–Crippen LogP) is 1.83. The Morgan fingerprint density at radius 1 is 1.44 bits per heavy atom. The fourth-order valence-electron chi connectivity index (χ4n) is 2.46. The van der Waals surface area contributed by atoms with Crippen molar-refractivity contribution in [3.63, 3.8) is 0 Å². The molecule has 94 valence electrons. The van der Waals surface area contributed by atoms with Crippen molar-refractivity contribution in [3.8, 4) is 0 Å². The van der Waals surface area contributed by atoms with Crippen LogP contribution in [0, 0.1) is 5.92 Å². The first kappa shape index (κ1) is 11.6. The molecule has 0 bridgehead atoms. The van der Waals surface area contributed by atoms with Gasteiger partial charge in [0, 0.05) is 31.4 Å². The van der Waals surface area contributed by atoms with Crippen molar-refractivity contribution >= 4 is 29.5 Å². The molecule has 2 aliphatic heterocycles. The van der Waals surface area contributed by atoms with Crippen molar-refractivity contribution in [3.05, 3.63) is 17.5 Å². The molecule has 0 N–H and O–H groups in total. The lowest BCUT2D eigenvalue weighted by atomic mass is 9.92. The number of hydrogen-bond acceptors (Lipinski definition) is 5. The zero-order valence-corrected chi connectivity index (χ0v) is 10.9. The summed E-state index contributed by atoms with van der Waals surface area (Å²) >= 11 is 5.82. The molecular formula is C12H14ClN5. The number of nitrogens with zero attached hydrogens (tertiary/aromatic N) is 5. The van der Waals surface area contributed by atoms with Gasteiger partial charge >= 0.3 is 0 Å². The molecule has 3 heterocycles. The maximum atomic E-state index is 5.82. The molecule has 3 rings (SSSR count). The molecule has 0 aromatic carbocycles. The summed E-state index contributed by atoms with van der Waals surface area (Å²) in [6, 6.07) is 2.26. The van der Waals surface area contributed by atoms with Gasteiger partial charge in [-0.2, -0.15) is 0 Å². The average molecular weight is 264 g/mol. The third-order valence-electron chi connectivity index (χ3n) is 3.36. The number of fused-ring (bicyclic) bond motifs is 1. The third kappa shape index (κ3) is 2.22. The van der Waals surface area contributed by atoms with Crippen molar-refractivity contribution in [2.75, 3.05) is 18.0 Å². The number of rotatable bonds is 1. The number of aromatic nitrogens is 2. The fourth-order valence-corrected chi connectivity index (χ4v) is 2.61. The first-order chi connectivity index (χ1) is 8.72. The van der Waals surface area contributed by atoms with E-state index in [4.69, 9.17) is 11.6 Å². The summed E-state index contributed by atoms with van der Waals surface area (Å²) < 4.78 is 0. The SMILES string of the molecule is CC1=N[C@H]2CCN(c3ccnc(Cl)n3)C[C@@H]2C=N1. The second-order valence-electron chi connectivity index (χ2n) is 4.60. The lowest BCUT2D eigenvalue weighted by molar-refractivity contribution is 0.438. The zero-order valence-electron chi connectivity index (χ0n) is 10.1. The standard InChI is InChI=1S/C12H14ClN5/c1-8-15-6-9-7-18(5-3-10(9)16-8)11-2-4-14-12(13)17-11/h2,4,6,9-10H,3,5,7H2,1H3/t9-,10-/m0/s1. The Balaban J connectivity index is 1.77. The number of aliphatic imine (C=N–C) groups is 2. The maximum absolute atomic E-state index is 5.82. The van der Waals surface area contributed by atoms with Crippen LogP contribution in [0.4, 0.5) is 5.82 Å². The Bertz CT molecular complexity index is 513. The molecule has 1 saturated heterocycles. The first-order valence-electron chi connectivity index (χ1n) is 6.04. The zero-order chi connectivity index (χ0) is 12.5. The average Bonchev–Trinajstić information content (AvgIpc) is 2.38. The maximum Gasteiger partial charge on any atom is 0.224 e. The lowest BCUT2D eigenvalue weighted by Crippen LogP contribution is -2.45. The minimum absolute atomic E-state index is 0.292. The minimum Gasteiger partial charge on any atom is -0.356 e. The van der Waals surface area contributed by atoms with Crippen LogP contribution < -0.4 is 4.90 Å². The second kappa shape index (κ2) is 4.65. The summed E-state index contributed by atoms with van der Waals surface area (Å²) in [5, 5.41) is 0.292. The van der Waals surface area contributed by atoms with Gasteiger partial charge in [-0.05, 0) is 31.0 Å². The van der Waals surface area contributed by atoms with Gasteiger partial charge in [0.15, 0.2) is 0 Å². The summed E-state index contributed by atoms with van der Waals surface area (Å²) in [5.41, 5.74) is 0. The first-order valence-corrected chi connectivity index (χ1v) is 6.42. The van der Waals surface area contributed by atoms with Gasteiger partial charge in [0.2, 0.25) is 5.28 Å². The van der Waals surface area contributed by atoms with Crippen LogP contribution >= 0.6 is 11.6 Å². The van der Waals surface area contributed by atoms with E-state index in [2.05, 4.69) is 24.9 Å². The fraction of sp³-hybridized carbons (Fsp3) is 0.500. The molecule has 18 heavy (non-hydrogen) atoms.